The molecule has 42 heteroatoms. The van der Waals surface area contributed by atoms with E-state index < -0.39 is 90.4 Å². The van der Waals surface area contributed by atoms with Gasteiger partial charge in [0, 0.05) is 102 Å². The number of ketones is 2. The van der Waals surface area contributed by atoms with E-state index in [0.29, 0.717) is 314 Å². The zero-order valence-electron chi connectivity index (χ0n) is 92.8. The lowest BCUT2D eigenvalue weighted by molar-refractivity contribution is -0.181. The predicted octanol–water partition coefficient (Wildman–Crippen LogP) is 8.29. The van der Waals surface area contributed by atoms with Gasteiger partial charge in [0.15, 0.2) is 0 Å². The van der Waals surface area contributed by atoms with Crippen LogP contribution in [-0.2, 0) is 119 Å². The summed E-state index contributed by atoms with van der Waals surface area (Å²) in [5.41, 5.74) is 2.46. The number of rotatable bonds is 101. The Kier molecular flexibility index (Phi) is 80.3. The highest BCUT2D eigenvalue weighted by atomic mass is 16.6. The summed E-state index contributed by atoms with van der Waals surface area (Å²) >= 11 is 0. The molecule has 0 bridgehead atoms. The molecule has 1 aliphatic rings. The molecule has 0 spiro atoms. The zero-order chi connectivity index (χ0) is 110. The van der Waals surface area contributed by atoms with E-state index in [0.717, 1.165) is 6.42 Å². The largest absolute Gasteiger partial charge is 0.465 e. The Morgan fingerprint density at radius 3 is 1.13 bits per heavy atom. The maximum absolute atomic E-state index is 13.6. The molecule has 15 N–H and O–H groups in total. The maximum atomic E-state index is 13.6. The SMILES string of the molecule is CC(O)C(CCCCNC(=O)OC(C)(C)C)NC(=O)CCOCCOCCOCCOCCNC(O)C(CCCCNC(O)OC(C)(C)C)CC(=O)CCOCCOCCOCCOCCCC(=O)C(CCCCNC(=O)OC(C)(C)C)NC(O)CCOCCOCCOCCOCCNC(O)C(CCCCNC(O)OC(C)(C)C)CC(O)CCOCCOCCOCCOCCCC(=O)OCC1c2ccccc2-c2ccccc21. The monoisotopic (exact) mass is 2150 g/mol. The number of Topliss-reactive ketones (excluding diaryl/α,β-unsaturated/α-hetero) is 2. The summed E-state index contributed by atoms with van der Waals surface area (Å²) in [5.74, 6) is -1.25. The van der Waals surface area contributed by atoms with E-state index in [2.05, 4.69) is 66.8 Å². The van der Waals surface area contributed by atoms with E-state index in [1.54, 1.807) is 48.5 Å². The van der Waals surface area contributed by atoms with Gasteiger partial charge in [0.05, 0.1) is 227 Å². The standard InChI is InChI=1S/C108H196N8O34/c1-83(117)93(34-20-24-44-113-103(128)149-107(8,9)10)115-96(121)40-52-134-60-68-142-76-78-144-70-62-136-54-46-109-99(124)84(28-18-22-42-111-101(126)147-105(2,3)4)80-86(118)38-50-132-58-66-140-74-72-138-64-56-130-48-26-36-95(120)94(35-21-25-45-114-104(129)150-108(11,12)13)116-97(122)41-53-135-61-69-143-77-79-145-71-63-137-55-47-110-100(125)85(29-19-23-43-112-102(127)148-106(5,6)7)81-87(119)39-51-133-59-67-141-75-73-139-65-57-131-49-27-37-98(123)146-82-92-90-32-16-14-30-88(90)89-31-15-17-33-91(89)92/h14-17,30-33,83-85,87,92-94,97,99-102,109-112,116-117,119,122,124-127H,18-29,34-82H2,1-13H3,(H,113,128)(H,114,129)(H,115,121). The van der Waals surface area contributed by atoms with E-state index in [1.165, 1.54) is 22.3 Å². The Labute approximate surface area is 893 Å². The molecular formula is C108H196N8O34. The van der Waals surface area contributed by atoms with Crippen LogP contribution < -0.4 is 42.5 Å². The normalized spacial score (nSPS) is 14.7. The van der Waals surface area contributed by atoms with Gasteiger partial charge in [-0.3, -0.25) is 45.8 Å². The third-order valence-electron chi connectivity index (χ3n) is 23.0. The van der Waals surface area contributed by atoms with Crippen molar-refractivity contribution >= 4 is 35.6 Å². The first-order valence-corrected chi connectivity index (χ1v) is 54.5. The number of benzene rings is 2. The number of esters is 1. The molecule has 0 saturated carbocycles. The lowest BCUT2D eigenvalue weighted by Crippen LogP contribution is -2.44. The van der Waals surface area contributed by atoms with Gasteiger partial charge in [0.2, 0.25) is 18.7 Å². The minimum absolute atomic E-state index is 0.0288. The first-order chi connectivity index (χ1) is 71.9. The van der Waals surface area contributed by atoms with Gasteiger partial charge in [-0.2, -0.15) is 0 Å². The second-order valence-electron chi connectivity index (χ2n) is 41.0. The molecule has 2 aromatic rings. The van der Waals surface area contributed by atoms with Crippen LogP contribution in [0.25, 0.3) is 11.1 Å². The summed E-state index contributed by atoms with van der Waals surface area (Å²) in [6.07, 6.45) is 2.62. The van der Waals surface area contributed by atoms with Gasteiger partial charge < -0.3 is 151 Å². The minimum Gasteiger partial charge on any atom is -0.465 e. The number of hydrogen-bond donors (Lipinski definition) is 15. The molecule has 872 valence electrons. The number of unbranched alkanes of at least 4 members (excludes halogenated alkanes) is 4. The number of carbonyl (C=O) groups is 6. The molecule has 0 fully saturated rings. The second-order valence-corrected chi connectivity index (χ2v) is 41.0. The number of alkyl carbamates (subject to hydrolysis) is 2. The van der Waals surface area contributed by atoms with E-state index >= 15 is 0 Å². The van der Waals surface area contributed by atoms with E-state index in [-0.39, 0.29) is 119 Å². The highest BCUT2D eigenvalue weighted by Gasteiger charge is 2.32. The Hall–Kier alpha value is -5.94. The summed E-state index contributed by atoms with van der Waals surface area (Å²) in [7, 11) is 0. The molecule has 11 atom stereocenters. The van der Waals surface area contributed by atoms with Crippen molar-refractivity contribution in [3.8, 4) is 11.1 Å². The van der Waals surface area contributed by atoms with Crippen LogP contribution in [0.1, 0.15) is 248 Å². The minimum atomic E-state index is -1.13. The Morgan fingerprint density at radius 2 is 0.700 bits per heavy atom. The number of hydrogen-bond acceptors (Lipinski definition) is 39. The first-order valence-electron chi connectivity index (χ1n) is 54.5. The van der Waals surface area contributed by atoms with Gasteiger partial charge in [-0.25, -0.2) is 9.59 Å². The number of nitrogens with one attached hydrogen (secondary N) is 8. The lowest BCUT2D eigenvalue weighted by atomic mass is 9.92. The van der Waals surface area contributed by atoms with Crippen LogP contribution in [0.5, 0.6) is 0 Å². The third-order valence-corrected chi connectivity index (χ3v) is 23.0. The number of aliphatic hydroxyl groups is 7. The summed E-state index contributed by atoms with van der Waals surface area (Å²) in [6.45, 7) is 36.3. The quantitative estimate of drug-likeness (QED) is 0.0128. The summed E-state index contributed by atoms with van der Waals surface area (Å²) in [4.78, 5) is 76.0. The van der Waals surface area contributed by atoms with Crippen molar-refractivity contribution in [1.29, 1.82) is 0 Å². The van der Waals surface area contributed by atoms with Crippen molar-refractivity contribution < 1.29 is 164 Å². The predicted molar refractivity (Wildman–Crippen MR) is 565 cm³/mol. The van der Waals surface area contributed by atoms with Crippen molar-refractivity contribution in [3.05, 3.63) is 59.7 Å². The van der Waals surface area contributed by atoms with E-state index in [1.807, 2.05) is 65.8 Å². The van der Waals surface area contributed by atoms with Gasteiger partial charge in [-0.1, -0.05) is 61.4 Å². The van der Waals surface area contributed by atoms with Gasteiger partial charge in [-0.05, 0) is 215 Å². The van der Waals surface area contributed by atoms with Crippen LogP contribution in [0.15, 0.2) is 48.5 Å². The van der Waals surface area contributed by atoms with E-state index in [4.69, 9.17) is 99.5 Å². The third kappa shape index (κ3) is 79.1. The van der Waals surface area contributed by atoms with Crippen molar-refractivity contribution in [1.82, 2.24) is 42.5 Å². The molecule has 0 aromatic heterocycles. The molecule has 11 unspecified atom stereocenters. The molecule has 1 aliphatic carbocycles. The van der Waals surface area contributed by atoms with Gasteiger partial charge >= 0.3 is 18.2 Å². The van der Waals surface area contributed by atoms with E-state index in [9.17, 15) is 64.5 Å². The molecule has 0 heterocycles. The average molecular weight is 2150 g/mol. The maximum Gasteiger partial charge on any atom is 0.407 e. The van der Waals surface area contributed by atoms with Crippen LogP contribution in [0.4, 0.5) is 9.59 Å². The van der Waals surface area contributed by atoms with Gasteiger partial charge in [0.25, 0.3) is 0 Å². The molecule has 0 saturated heterocycles. The Morgan fingerprint density at radius 1 is 0.340 bits per heavy atom. The fourth-order valence-electron chi connectivity index (χ4n) is 15.5. The van der Waals surface area contributed by atoms with Crippen LogP contribution >= 0.6 is 0 Å². The second kappa shape index (κ2) is 87.1. The Balaban J connectivity index is 1.23. The molecule has 0 radical (unpaired) electrons. The van der Waals surface area contributed by atoms with Crippen molar-refractivity contribution in [3.63, 3.8) is 0 Å². The first kappa shape index (κ1) is 138. The Bertz CT molecular complexity index is 3620. The van der Waals surface area contributed by atoms with Crippen molar-refractivity contribution in [2.45, 2.75) is 315 Å². The lowest BCUT2D eigenvalue weighted by Gasteiger charge is -2.27. The number of carbonyl (C=O) groups excluding carboxylic acids is 6. The highest BCUT2D eigenvalue weighted by molar-refractivity contribution is 5.84. The smallest absolute Gasteiger partial charge is 0.407 e. The number of aliphatic hydroxyl groups excluding tert-OH is 7. The van der Waals surface area contributed by atoms with Gasteiger partial charge in [-0.15, -0.1) is 0 Å². The van der Waals surface area contributed by atoms with Gasteiger partial charge in [0.1, 0.15) is 48.1 Å². The number of ether oxygens (including phenoxy) is 21. The molecule has 0 aliphatic heterocycles. The van der Waals surface area contributed by atoms with Crippen LogP contribution in [-0.4, -0.2) is 407 Å². The fraction of sp³-hybridized carbons (Fsp3) is 0.833. The average Bonchev–Trinajstić information content (AvgIpc) is 1.61. The summed E-state index contributed by atoms with van der Waals surface area (Å²) in [5, 5.41) is 98.8. The molecule has 3 rings (SSSR count). The molecule has 3 amide bonds. The van der Waals surface area contributed by atoms with Crippen LogP contribution in [0, 0.1) is 11.8 Å². The topological polar surface area (TPSA) is 534 Å². The van der Waals surface area contributed by atoms with Crippen LogP contribution in [0.3, 0.4) is 0 Å². The molecule has 2 aromatic carbocycles. The zero-order valence-corrected chi connectivity index (χ0v) is 92.8. The summed E-state index contributed by atoms with van der Waals surface area (Å²) in [6, 6.07) is 15.4. The molecule has 150 heavy (non-hydrogen) atoms. The van der Waals surface area contributed by atoms with Crippen LogP contribution in [0.2, 0.25) is 0 Å². The summed E-state index contributed by atoms with van der Waals surface area (Å²) < 4.78 is 118. The number of fused-ring (bicyclic) bond motifs is 3. The fourth-order valence-corrected chi connectivity index (χ4v) is 15.5. The van der Waals surface area contributed by atoms with Crippen molar-refractivity contribution in [2.24, 2.45) is 11.8 Å². The highest BCUT2D eigenvalue weighted by Crippen LogP contribution is 2.45. The van der Waals surface area contributed by atoms with Crippen molar-refractivity contribution in [2.75, 3.05) is 257 Å². The molecular weight excluding hydrogens is 1950 g/mol. The molecule has 42 nitrogen and oxygen atoms in total. The number of amides is 3.